The highest BCUT2D eigenvalue weighted by molar-refractivity contribution is 5.94. The van der Waals surface area contributed by atoms with Gasteiger partial charge in [-0.05, 0) is 109 Å². The highest BCUT2D eigenvalue weighted by Crippen LogP contribution is 2.50. The summed E-state index contributed by atoms with van der Waals surface area (Å²) in [6, 6.07) is 63.8. The Morgan fingerprint density at radius 3 is 1.70 bits per heavy atom. The maximum absolute atomic E-state index is 4.71. The van der Waals surface area contributed by atoms with E-state index in [9.17, 15) is 0 Å². The van der Waals surface area contributed by atoms with E-state index in [-0.39, 0.29) is 11.3 Å². The summed E-state index contributed by atoms with van der Waals surface area (Å²) in [5.41, 5.74) is 17.0. The lowest BCUT2D eigenvalue weighted by Crippen LogP contribution is -2.15. The van der Waals surface area contributed by atoms with Crippen molar-refractivity contribution in [3.05, 3.63) is 205 Å². The van der Waals surface area contributed by atoms with Crippen LogP contribution in [0, 0.1) is 0 Å². The molecule has 0 radical (unpaired) electrons. The minimum absolute atomic E-state index is 0.0397. The maximum Gasteiger partial charge on any atom is 0.0467 e. The lowest BCUT2D eigenvalue weighted by atomic mass is 9.71. The molecule has 1 atom stereocenters. The highest BCUT2D eigenvalue weighted by Gasteiger charge is 2.30. The molecule has 242 valence electrons. The Morgan fingerprint density at radius 2 is 1.00 bits per heavy atom. The van der Waals surface area contributed by atoms with Gasteiger partial charge in [0.25, 0.3) is 0 Å². The van der Waals surface area contributed by atoms with E-state index < -0.39 is 0 Å². The van der Waals surface area contributed by atoms with Crippen molar-refractivity contribution >= 4 is 22.6 Å². The average molecular weight is 644 g/mol. The van der Waals surface area contributed by atoms with Gasteiger partial charge >= 0.3 is 0 Å². The molecule has 1 aliphatic carbocycles. The normalized spacial score (nSPS) is 13.7. The van der Waals surface area contributed by atoms with Crippen molar-refractivity contribution in [3.8, 4) is 33.4 Å². The van der Waals surface area contributed by atoms with Crippen LogP contribution in [0.15, 0.2) is 183 Å². The fourth-order valence-electron chi connectivity index (χ4n) is 7.39. The van der Waals surface area contributed by atoms with Crippen molar-refractivity contribution < 1.29 is 0 Å². The first kappa shape index (κ1) is 31.4. The first-order valence-corrected chi connectivity index (χ1v) is 17.5. The number of rotatable bonds is 6. The number of para-hydroxylation sites is 1. The van der Waals surface area contributed by atoms with Gasteiger partial charge in [0.2, 0.25) is 0 Å². The van der Waals surface area contributed by atoms with Gasteiger partial charge in [-0.25, -0.2) is 0 Å². The van der Waals surface area contributed by atoms with Crippen molar-refractivity contribution in [3.63, 3.8) is 0 Å². The number of anilines is 3. The van der Waals surface area contributed by atoms with Gasteiger partial charge in [-0.1, -0.05) is 161 Å². The molecule has 7 aromatic rings. The molecule has 0 saturated carbocycles. The van der Waals surface area contributed by atoms with E-state index in [0.717, 1.165) is 22.6 Å². The van der Waals surface area contributed by atoms with E-state index >= 15 is 0 Å². The van der Waals surface area contributed by atoms with Crippen LogP contribution in [0.25, 0.3) is 39.0 Å². The number of fused-ring (bicyclic) bond motifs is 3. The van der Waals surface area contributed by atoms with E-state index in [2.05, 4.69) is 202 Å². The van der Waals surface area contributed by atoms with Crippen molar-refractivity contribution in [2.75, 3.05) is 4.90 Å². The molecule has 50 heavy (non-hydrogen) atoms. The predicted octanol–water partition coefficient (Wildman–Crippen LogP) is 13.6. The Kier molecular flexibility index (Phi) is 8.05. The van der Waals surface area contributed by atoms with Gasteiger partial charge in [0.15, 0.2) is 0 Å². The van der Waals surface area contributed by atoms with Crippen LogP contribution in [-0.2, 0) is 5.41 Å². The molecule has 0 bridgehead atoms. The summed E-state index contributed by atoms with van der Waals surface area (Å²) in [5, 5.41) is 0. The lowest BCUT2D eigenvalue weighted by Gasteiger charge is -2.32. The Balaban J connectivity index is 1.23. The van der Waals surface area contributed by atoms with Gasteiger partial charge in [0.1, 0.15) is 0 Å². The molecule has 1 heteroatoms. The zero-order valence-electron chi connectivity index (χ0n) is 29.0. The number of hydrogen-bond acceptors (Lipinski definition) is 1. The number of benzene rings is 7. The summed E-state index contributed by atoms with van der Waals surface area (Å²) < 4.78 is 0. The van der Waals surface area contributed by atoms with Crippen LogP contribution in [0.2, 0.25) is 0 Å². The predicted molar refractivity (Wildman–Crippen MR) is 213 cm³/mol. The quantitative estimate of drug-likeness (QED) is 0.174. The minimum Gasteiger partial charge on any atom is -0.310 e. The maximum atomic E-state index is 4.71. The SMILES string of the molecule is C=C1c2ccc(-c3cccc(N(c4ccccc4)c4ccc(-c5ccccc5)cc4)c3)cc2-c2cc(C(C)(C)C)ccc2C1c1ccccc1. The molecule has 0 saturated heterocycles. The third kappa shape index (κ3) is 5.86. The first-order chi connectivity index (χ1) is 24.3. The summed E-state index contributed by atoms with van der Waals surface area (Å²) in [6.07, 6.45) is 0. The summed E-state index contributed by atoms with van der Waals surface area (Å²) in [5.74, 6) is 0.120. The standard InChI is InChI=1S/C49H41N/c1-34-44-29-25-39(32-46(44)47-33-40(49(2,3)4)26-30-45(47)48(34)37-17-10-6-11-18-37)38-19-14-22-43(31-38)50(41-20-12-7-13-21-41)42-27-23-36(24-28-42)35-15-8-5-9-16-35/h5-33,48H,1H2,2-4H3. The second kappa shape index (κ2) is 12.8. The van der Waals surface area contributed by atoms with Crippen LogP contribution >= 0.6 is 0 Å². The molecule has 0 amide bonds. The van der Waals surface area contributed by atoms with Gasteiger partial charge in [-0.2, -0.15) is 0 Å². The van der Waals surface area contributed by atoms with E-state index in [4.69, 9.17) is 6.58 Å². The van der Waals surface area contributed by atoms with Gasteiger partial charge in [0.05, 0.1) is 0 Å². The molecular weight excluding hydrogens is 603 g/mol. The molecule has 0 aliphatic heterocycles. The van der Waals surface area contributed by atoms with E-state index in [0.29, 0.717) is 0 Å². The highest BCUT2D eigenvalue weighted by atomic mass is 15.1. The Labute approximate surface area is 296 Å². The Bertz CT molecular complexity index is 2290. The molecular formula is C49H41N. The van der Waals surface area contributed by atoms with Crippen LogP contribution in [0.5, 0.6) is 0 Å². The number of nitrogens with zero attached hydrogens (tertiary/aromatic N) is 1. The minimum atomic E-state index is 0.0397. The van der Waals surface area contributed by atoms with Gasteiger partial charge in [0, 0.05) is 23.0 Å². The molecule has 0 heterocycles. The summed E-state index contributed by atoms with van der Waals surface area (Å²) >= 11 is 0. The third-order valence-corrected chi connectivity index (χ3v) is 10.1. The van der Waals surface area contributed by atoms with E-state index in [1.54, 1.807) is 0 Å². The second-order valence-corrected chi connectivity index (χ2v) is 14.3. The van der Waals surface area contributed by atoms with Crippen molar-refractivity contribution in [1.82, 2.24) is 0 Å². The van der Waals surface area contributed by atoms with Gasteiger partial charge < -0.3 is 4.90 Å². The van der Waals surface area contributed by atoms with Crippen LogP contribution in [-0.4, -0.2) is 0 Å². The summed E-state index contributed by atoms with van der Waals surface area (Å²) in [7, 11) is 0. The summed E-state index contributed by atoms with van der Waals surface area (Å²) in [6.45, 7) is 11.6. The monoisotopic (exact) mass is 643 g/mol. The molecule has 1 aliphatic rings. The van der Waals surface area contributed by atoms with Gasteiger partial charge in [-0.15, -0.1) is 0 Å². The lowest BCUT2D eigenvalue weighted by molar-refractivity contribution is 0.590. The Hall–Kier alpha value is -5.92. The smallest absolute Gasteiger partial charge is 0.0467 e. The van der Waals surface area contributed by atoms with Crippen LogP contribution in [0.1, 0.15) is 48.9 Å². The van der Waals surface area contributed by atoms with Crippen molar-refractivity contribution in [1.29, 1.82) is 0 Å². The largest absolute Gasteiger partial charge is 0.310 e. The fraction of sp³-hybridized carbons (Fsp3) is 0.102. The molecule has 0 N–H and O–H groups in total. The van der Waals surface area contributed by atoms with Crippen molar-refractivity contribution in [2.45, 2.75) is 32.1 Å². The molecule has 0 fully saturated rings. The summed E-state index contributed by atoms with van der Waals surface area (Å²) in [4.78, 5) is 2.34. The zero-order valence-corrected chi connectivity index (χ0v) is 29.0. The van der Waals surface area contributed by atoms with Gasteiger partial charge in [-0.3, -0.25) is 0 Å². The molecule has 1 nitrogen and oxygen atoms in total. The molecule has 0 spiro atoms. The molecule has 7 aromatic carbocycles. The fourth-order valence-corrected chi connectivity index (χ4v) is 7.39. The number of allylic oxidation sites excluding steroid dienone is 1. The van der Waals surface area contributed by atoms with Crippen LogP contribution in [0.3, 0.4) is 0 Å². The van der Waals surface area contributed by atoms with Crippen molar-refractivity contribution in [2.24, 2.45) is 0 Å². The van der Waals surface area contributed by atoms with E-state index in [1.165, 1.54) is 55.6 Å². The topological polar surface area (TPSA) is 3.24 Å². The Morgan fingerprint density at radius 1 is 0.440 bits per heavy atom. The third-order valence-electron chi connectivity index (χ3n) is 10.1. The van der Waals surface area contributed by atoms with Crippen LogP contribution in [0.4, 0.5) is 17.1 Å². The number of hydrogen-bond donors (Lipinski definition) is 0. The van der Waals surface area contributed by atoms with Crippen LogP contribution < -0.4 is 4.90 Å². The molecule has 8 rings (SSSR count). The average Bonchev–Trinajstić information content (AvgIpc) is 3.16. The zero-order chi connectivity index (χ0) is 34.2. The van der Waals surface area contributed by atoms with E-state index in [1.807, 2.05) is 0 Å². The first-order valence-electron chi connectivity index (χ1n) is 17.5. The molecule has 0 aromatic heterocycles. The molecule has 1 unspecified atom stereocenters. The second-order valence-electron chi connectivity index (χ2n) is 14.3.